The van der Waals surface area contributed by atoms with E-state index in [9.17, 15) is 4.79 Å². The summed E-state index contributed by atoms with van der Waals surface area (Å²) >= 11 is 6.03. The van der Waals surface area contributed by atoms with Crippen molar-refractivity contribution in [2.45, 2.75) is 19.3 Å². The van der Waals surface area contributed by atoms with Crippen molar-refractivity contribution in [2.24, 2.45) is 17.6 Å². The second kappa shape index (κ2) is 7.72. The summed E-state index contributed by atoms with van der Waals surface area (Å²) in [6.45, 7) is 0.560. The van der Waals surface area contributed by atoms with Crippen LogP contribution in [-0.4, -0.2) is 19.6 Å². The molecule has 0 heterocycles. The van der Waals surface area contributed by atoms with Crippen LogP contribution in [0.4, 0.5) is 5.69 Å². The van der Waals surface area contributed by atoms with Crippen molar-refractivity contribution in [1.29, 1.82) is 0 Å². The number of hydrogen-bond acceptors (Lipinski definition) is 3. The molecule has 1 fully saturated rings. The average Bonchev–Trinajstić information content (AvgIpc) is 2.87. The molecule has 3 N–H and O–H groups in total. The standard InChI is InChI=1S/C14H19ClN2O2.ClH/c1-19-13-11(15)6-3-7-12(13)17-14(18)10-5-2-4-9(10)8-16;/h3,6-7,9-10H,2,4-5,8,16H2,1H3,(H,17,18);1H/t9-,10-;/m1./s1. The van der Waals surface area contributed by atoms with Gasteiger partial charge in [-0.15, -0.1) is 12.4 Å². The summed E-state index contributed by atoms with van der Waals surface area (Å²) in [5.74, 6) is 0.784. The number of para-hydroxylation sites is 1. The first kappa shape index (κ1) is 17.1. The number of rotatable bonds is 4. The molecule has 1 aromatic carbocycles. The van der Waals surface area contributed by atoms with Crippen molar-refractivity contribution in [3.8, 4) is 5.75 Å². The molecule has 20 heavy (non-hydrogen) atoms. The number of hydrogen-bond donors (Lipinski definition) is 2. The summed E-state index contributed by atoms with van der Waals surface area (Å²) in [5, 5.41) is 3.39. The van der Waals surface area contributed by atoms with Crippen LogP contribution in [0.15, 0.2) is 18.2 Å². The van der Waals surface area contributed by atoms with Crippen molar-refractivity contribution < 1.29 is 9.53 Å². The van der Waals surface area contributed by atoms with E-state index in [1.165, 1.54) is 7.11 Å². The summed E-state index contributed by atoms with van der Waals surface area (Å²) < 4.78 is 5.22. The number of carbonyl (C=O) groups is 1. The van der Waals surface area contributed by atoms with Gasteiger partial charge in [0, 0.05) is 5.92 Å². The Balaban J connectivity index is 0.00000200. The third-order valence-corrected chi connectivity index (χ3v) is 4.03. The fourth-order valence-corrected chi connectivity index (χ4v) is 2.96. The molecule has 2 atom stereocenters. The third-order valence-electron chi connectivity index (χ3n) is 3.73. The van der Waals surface area contributed by atoms with Gasteiger partial charge in [0.05, 0.1) is 17.8 Å². The number of benzene rings is 1. The van der Waals surface area contributed by atoms with Crippen LogP contribution in [0.5, 0.6) is 5.75 Å². The Morgan fingerprint density at radius 1 is 1.50 bits per heavy atom. The molecule has 4 nitrogen and oxygen atoms in total. The monoisotopic (exact) mass is 318 g/mol. The SMILES string of the molecule is COc1c(Cl)cccc1NC(=O)[C@@H]1CCC[C@@H]1CN.Cl. The molecule has 0 aliphatic heterocycles. The molecule has 6 heteroatoms. The second-order valence-corrected chi connectivity index (χ2v) is 5.25. The summed E-state index contributed by atoms with van der Waals surface area (Å²) in [4.78, 5) is 12.3. The van der Waals surface area contributed by atoms with Gasteiger partial charge in [0.25, 0.3) is 0 Å². The van der Waals surface area contributed by atoms with Gasteiger partial charge in [-0.3, -0.25) is 4.79 Å². The highest BCUT2D eigenvalue weighted by molar-refractivity contribution is 6.32. The number of halogens is 2. The van der Waals surface area contributed by atoms with Gasteiger partial charge < -0.3 is 15.8 Å². The molecule has 0 bridgehead atoms. The number of methoxy groups -OCH3 is 1. The lowest BCUT2D eigenvalue weighted by Gasteiger charge is -2.18. The molecule has 0 radical (unpaired) electrons. The fraction of sp³-hybridized carbons (Fsp3) is 0.500. The lowest BCUT2D eigenvalue weighted by Crippen LogP contribution is -2.29. The summed E-state index contributed by atoms with van der Waals surface area (Å²) in [6.07, 6.45) is 2.99. The van der Waals surface area contributed by atoms with Crippen LogP contribution in [0.2, 0.25) is 5.02 Å². The Kier molecular flexibility index (Phi) is 6.59. The van der Waals surface area contributed by atoms with Gasteiger partial charge in [0.15, 0.2) is 5.75 Å². The van der Waals surface area contributed by atoms with Gasteiger partial charge >= 0.3 is 0 Å². The van der Waals surface area contributed by atoms with Crippen LogP contribution in [0.25, 0.3) is 0 Å². The van der Waals surface area contributed by atoms with E-state index < -0.39 is 0 Å². The van der Waals surface area contributed by atoms with Crippen molar-refractivity contribution in [1.82, 2.24) is 0 Å². The zero-order valence-electron chi connectivity index (χ0n) is 11.4. The smallest absolute Gasteiger partial charge is 0.227 e. The Bertz CT molecular complexity index is 468. The Hall–Kier alpha value is -0.970. The minimum absolute atomic E-state index is 0. The van der Waals surface area contributed by atoms with Gasteiger partial charge in [-0.25, -0.2) is 0 Å². The molecule has 0 unspecified atom stereocenters. The van der Waals surface area contributed by atoms with Crippen molar-refractivity contribution in [3.63, 3.8) is 0 Å². The van der Waals surface area contributed by atoms with Gasteiger partial charge in [0.1, 0.15) is 0 Å². The maximum atomic E-state index is 12.3. The highest BCUT2D eigenvalue weighted by Crippen LogP contribution is 2.35. The average molecular weight is 319 g/mol. The van der Waals surface area contributed by atoms with E-state index in [1.807, 2.05) is 0 Å². The Morgan fingerprint density at radius 3 is 2.90 bits per heavy atom. The Morgan fingerprint density at radius 2 is 2.25 bits per heavy atom. The number of amides is 1. The Labute approximate surface area is 130 Å². The van der Waals surface area contributed by atoms with Gasteiger partial charge in [-0.2, -0.15) is 0 Å². The summed E-state index contributed by atoms with van der Waals surface area (Å²) in [5.41, 5.74) is 6.32. The van der Waals surface area contributed by atoms with Crippen LogP contribution in [0.3, 0.4) is 0 Å². The minimum Gasteiger partial charge on any atom is -0.493 e. The number of nitrogens with one attached hydrogen (secondary N) is 1. The fourth-order valence-electron chi connectivity index (χ4n) is 2.70. The van der Waals surface area contributed by atoms with Crippen LogP contribution in [0.1, 0.15) is 19.3 Å². The molecular weight excluding hydrogens is 299 g/mol. The predicted octanol–water partition coefficient (Wildman–Crippen LogP) is 3.08. The number of carbonyl (C=O) groups excluding carboxylic acids is 1. The van der Waals surface area contributed by atoms with E-state index in [2.05, 4.69) is 5.32 Å². The summed E-state index contributed by atoms with van der Waals surface area (Å²) in [6, 6.07) is 5.30. The van der Waals surface area contributed by atoms with E-state index in [1.54, 1.807) is 18.2 Å². The van der Waals surface area contributed by atoms with Crippen LogP contribution in [-0.2, 0) is 4.79 Å². The van der Waals surface area contributed by atoms with E-state index in [-0.39, 0.29) is 30.2 Å². The molecule has 0 saturated heterocycles. The first-order chi connectivity index (χ1) is 9.17. The maximum absolute atomic E-state index is 12.3. The zero-order valence-corrected chi connectivity index (χ0v) is 13.0. The minimum atomic E-state index is -0.00584. The molecule has 0 aromatic heterocycles. The van der Waals surface area contributed by atoms with Gasteiger partial charge in [-0.1, -0.05) is 24.1 Å². The lowest BCUT2D eigenvalue weighted by atomic mass is 9.95. The topological polar surface area (TPSA) is 64.3 Å². The van der Waals surface area contributed by atoms with Crippen molar-refractivity contribution in [2.75, 3.05) is 19.0 Å². The summed E-state index contributed by atoms with van der Waals surface area (Å²) in [7, 11) is 1.54. The van der Waals surface area contributed by atoms with Gasteiger partial charge in [-0.05, 0) is 37.4 Å². The van der Waals surface area contributed by atoms with E-state index >= 15 is 0 Å². The first-order valence-electron chi connectivity index (χ1n) is 6.50. The number of anilines is 1. The molecule has 1 aromatic rings. The molecule has 112 valence electrons. The first-order valence-corrected chi connectivity index (χ1v) is 6.88. The molecule has 1 saturated carbocycles. The maximum Gasteiger partial charge on any atom is 0.227 e. The van der Waals surface area contributed by atoms with Crippen molar-refractivity contribution in [3.05, 3.63) is 23.2 Å². The van der Waals surface area contributed by atoms with E-state index in [0.717, 1.165) is 19.3 Å². The van der Waals surface area contributed by atoms with Crippen LogP contribution < -0.4 is 15.8 Å². The molecular formula is C14H20Cl2N2O2. The third kappa shape index (κ3) is 3.57. The van der Waals surface area contributed by atoms with Crippen molar-refractivity contribution >= 4 is 35.6 Å². The quantitative estimate of drug-likeness (QED) is 0.896. The molecule has 1 aliphatic rings. The van der Waals surface area contributed by atoms with E-state index in [0.29, 0.717) is 23.0 Å². The molecule has 2 rings (SSSR count). The van der Waals surface area contributed by atoms with Gasteiger partial charge in [0.2, 0.25) is 5.91 Å². The van der Waals surface area contributed by atoms with Crippen LogP contribution in [0, 0.1) is 11.8 Å². The largest absolute Gasteiger partial charge is 0.493 e. The lowest BCUT2D eigenvalue weighted by molar-refractivity contribution is -0.120. The second-order valence-electron chi connectivity index (χ2n) is 4.84. The zero-order chi connectivity index (χ0) is 13.8. The predicted molar refractivity (Wildman–Crippen MR) is 83.8 cm³/mol. The molecule has 1 amide bonds. The number of ether oxygens (including phenoxy) is 1. The number of nitrogens with two attached hydrogens (primary N) is 1. The highest BCUT2D eigenvalue weighted by atomic mass is 35.5. The highest BCUT2D eigenvalue weighted by Gasteiger charge is 2.32. The molecule has 1 aliphatic carbocycles. The molecule has 0 spiro atoms. The van der Waals surface area contributed by atoms with E-state index in [4.69, 9.17) is 22.1 Å². The normalized spacial score (nSPS) is 21.1. The van der Waals surface area contributed by atoms with Crippen LogP contribution >= 0.6 is 24.0 Å².